The third kappa shape index (κ3) is 4.56. The van der Waals surface area contributed by atoms with Gasteiger partial charge < -0.3 is 5.32 Å². The topological polar surface area (TPSA) is 99.7 Å². The van der Waals surface area contributed by atoms with E-state index in [9.17, 15) is 13.6 Å². The van der Waals surface area contributed by atoms with Crippen molar-refractivity contribution < 1.29 is 13.6 Å². The van der Waals surface area contributed by atoms with Crippen LogP contribution < -0.4 is 5.32 Å². The molecule has 1 saturated heterocycles. The summed E-state index contributed by atoms with van der Waals surface area (Å²) in [6.07, 6.45) is 6.37. The summed E-state index contributed by atoms with van der Waals surface area (Å²) in [5.41, 5.74) is 3.97. The van der Waals surface area contributed by atoms with Gasteiger partial charge in [0.1, 0.15) is 5.82 Å². The molecule has 1 aromatic carbocycles. The smallest absolute Gasteiger partial charge is 0.276 e. The van der Waals surface area contributed by atoms with Crippen LogP contribution in [0.25, 0.3) is 22.0 Å². The number of hydrogen-bond acceptors (Lipinski definition) is 6. The number of carbonyl (C=O) groups is 1. The fourth-order valence-electron chi connectivity index (χ4n) is 3.95. The maximum Gasteiger partial charge on any atom is 0.276 e. The third-order valence-electron chi connectivity index (χ3n) is 5.60. The first-order chi connectivity index (χ1) is 15.9. The highest BCUT2D eigenvalue weighted by atomic mass is 19.3. The van der Waals surface area contributed by atoms with E-state index >= 15 is 0 Å². The summed E-state index contributed by atoms with van der Waals surface area (Å²) >= 11 is 0. The molecule has 1 amide bonds. The van der Waals surface area contributed by atoms with Crippen molar-refractivity contribution in [2.24, 2.45) is 0 Å². The lowest BCUT2D eigenvalue weighted by Crippen LogP contribution is -2.24. The van der Waals surface area contributed by atoms with Gasteiger partial charge in [0.2, 0.25) is 0 Å². The van der Waals surface area contributed by atoms with Crippen LogP contribution in [0.5, 0.6) is 0 Å². The Morgan fingerprint density at radius 2 is 1.97 bits per heavy atom. The Balaban J connectivity index is 1.39. The number of halogens is 2. The Hall–Kier alpha value is -3.79. The zero-order chi connectivity index (χ0) is 23.0. The van der Waals surface area contributed by atoms with Gasteiger partial charge in [-0.2, -0.15) is 5.10 Å². The third-order valence-corrected chi connectivity index (χ3v) is 5.60. The van der Waals surface area contributed by atoms with Crippen molar-refractivity contribution >= 4 is 22.5 Å². The van der Waals surface area contributed by atoms with Crippen LogP contribution in [0.2, 0.25) is 0 Å². The first kappa shape index (κ1) is 21.1. The Bertz CT molecular complexity index is 1320. The summed E-state index contributed by atoms with van der Waals surface area (Å²) in [4.78, 5) is 27.0. The number of aromatic amines is 1. The monoisotopic (exact) mass is 449 g/mol. The van der Waals surface area contributed by atoms with Gasteiger partial charge in [-0.05, 0) is 36.2 Å². The van der Waals surface area contributed by atoms with Crippen LogP contribution in [0, 0.1) is 6.92 Å². The Morgan fingerprint density at radius 1 is 1.15 bits per heavy atom. The maximum atomic E-state index is 13.5. The minimum Gasteiger partial charge on any atom is -0.318 e. The van der Waals surface area contributed by atoms with E-state index in [0.717, 1.165) is 16.7 Å². The van der Waals surface area contributed by atoms with E-state index < -0.39 is 5.92 Å². The van der Waals surface area contributed by atoms with Gasteiger partial charge in [0, 0.05) is 42.9 Å². The van der Waals surface area contributed by atoms with Gasteiger partial charge in [-0.3, -0.25) is 19.8 Å². The molecule has 5 rings (SSSR count). The number of aryl methyl sites for hydroxylation is 1. The van der Waals surface area contributed by atoms with Crippen LogP contribution in [0.4, 0.5) is 14.5 Å². The molecule has 10 heteroatoms. The molecule has 1 fully saturated rings. The van der Waals surface area contributed by atoms with E-state index in [1.54, 1.807) is 24.2 Å². The summed E-state index contributed by atoms with van der Waals surface area (Å²) < 4.78 is 27.0. The Morgan fingerprint density at radius 3 is 2.73 bits per heavy atom. The van der Waals surface area contributed by atoms with Crippen molar-refractivity contribution in [2.75, 3.05) is 18.4 Å². The number of anilines is 1. The molecule has 4 heterocycles. The van der Waals surface area contributed by atoms with E-state index in [1.807, 2.05) is 24.3 Å². The van der Waals surface area contributed by atoms with Gasteiger partial charge in [0.25, 0.3) is 11.8 Å². The number of nitrogens with one attached hydrogen (secondary N) is 2. The molecule has 0 unspecified atom stereocenters. The summed E-state index contributed by atoms with van der Waals surface area (Å²) in [5, 5.41) is 10.5. The molecule has 0 atom stereocenters. The Labute approximate surface area is 188 Å². The fourth-order valence-corrected chi connectivity index (χ4v) is 3.95. The first-order valence-corrected chi connectivity index (χ1v) is 10.5. The van der Waals surface area contributed by atoms with Crippen LogP contribution in [0.3, 0.4) is 0 Å². The number of pyridine rings is 1. The van der Waals surface area contributed by atoms with Crippen molar-refractivity contribution in [2.45, 2.75) is 25.8 Å². The average Bonchev–Trinajstić information content (AvgIpc) is 3.37. The lowest BCUT2D eigenvalue weighted by molar-refractivity contribution is 0.0115. The largest absolute Gasteiger partial charge is 0.318 e. The van der Waals surface area contributed by atoms with Crippen LogP contribution >= 0.6 is 0 Å². The van der Waals surface area contributed by atoms with E-state index in [1.165, 1.54) is 12.4 Å². The number of fused-ring (bicyclic) bond motifs is 1. The predicted molar refractivity (Wildman–Crippen MR) is 119 cm³/mol. The van der Waals surface area contributed by atoms with E-state index in [4.69, 9.17) is 0 Å². The van der Waals surface area contributed by atoms with Gasteiger partial charge in [-0.25, -0.2) is 18.7 Å². The van der Waals surface area contributed by atoms with Crippen molar-refractivity contribution in [3.8, 4) is 11.1 Å². The van der Waals surface area contributed by atoms with Crippen LogP contribution in [-0.2, 0) is 6.54 Å². The molecule has 1 aliphatic rings. The van der Waals surface area contributed by atoms with Gasteiger partial charge in [0.05, 0.1) is 30.1 Å². The summed E-state index contributed by atoms with van der Waals surface area (Å²) in [7, 11) is 0. The highest BCUT2D eigenvalue weighted by molar-refractivity contribution is 6.11. The first-order valence-electron chi connectivity index (χ1n) is 10.5. The second kappa shape index (κ2) is 8.28. The number of alkyl halides is 2. The van der Waals surface area contributed by atoms with Crippen LogP contribution in [0.1, 0.15) is 28.3 Å². The molecule has 33 heavy (non-hydrogen) atoms. The molecule has 1 aliphatic heterocycles. The van der Waals surface area contributed by atoms with Gasteiger partial charge in [-0.15, -0.1) is 0 Å². The van der Waals surface area contributed by atoms with E-state index in [0.29, 0.717) is 35.5 Å². The average molecular weight is 449 g/mol. The second-order valence-corrected chi connectivity index (χ2v) is 8.20. The SMILES string of the molecule is Cc1ncc(NC(=O)c2n[nH]c3ccc(-c4cncc(CN5CCC(F)(F)C5)c4)cc23)cn1. The van der Waals surface area contributed by atoms with E-state index in [-0.39, 0.29) is 24.6 Å². The molecule has 168 valence electrons. The molecule has 0 bridgehead atoms. The highest BCUT2D eigenvalue weighted by Crippen LogP contribution is 2.29. The normalized spacial score (nSPS) is 15.7. The van der Waals surface area contributed by atoms with Crippen molar-refractivity contribution in [1.82, 2.24) is 30.0 Å². The van der Waals surface area contributed by atoms with Gasteiger partial charge >= 0.3 is 0 Å². The minimum atomic E-state index is -2.63. The fraction of sp³-hybridized carbons (Fsp3) is 0.261. The molecular formula is C23H21F2N7O. The molecule has 0 aliphatic carbocycles. The predicted octanol–water partition coefficient (Wildman–Crippen LogP) is 3.82. The lowest BCUT2D eigenvalue weighted by atomic mass is 10.0. The number of H-pyrrole nitrogens is 1. The number of likely N-dealkylation sites (tertiary alicyclic amines) is 1. The molecule has 8 nitrogen and oxygen atoms in total. The molecule has 2 N–H and O–H groups in total. The summed E-state index contributed by atoms with van der Waals surface area (Å²) in [6.45, 7) is 2.31. The van der Waals surface area contributed by atoms with E-state index in [2.05, 4.69) is 30.5 Å². The lowest BCUT2D eigenvalue weighted by Gasteiger charge is -2.15. The maximum absolute atomic E-state index is 13.5. The molecular weight excluding hydrogens is 428 g/mol. The van der Waals surface area contributed by atoms with Crippen molar-refractivity contribution in [3.63, 3.8) is 0 Å². The molecule has 3 aromatic heterocycles. The standard InChI is InChI=1S/C23H21F2N7O/c1-14-27-10-18(11-28-14)29-22(33)21-19-7-16(2-3-20(19)30-31-21)17-6-15(8-26-9-17)12-32-5-4-23(24,25)13-32/h2-3,6-11H,4-5,12-13H2,1H3,(H,29,33)(H,30,31). The van der Waals surface area contributed by atoms with Crippen LogP contribution in [-0.4, -0.2) is 55.0 Å². The van der Waals surface area contributed by atoms with Gasteiger partial charge in [0.15, 0.2) is 5.69 Å². The number of rotatable bonds is 5. The highest BCUT2D eigenvalue weighted by Gasteiger charge is 2.37. The summed E-state index contributed by atoms with van der Waals surface area (Å²) in [6, 6.07) is 7.55. The van der Waals surface area contributed by atoms with Crippen molar-refractivity contribution in [3.05, 3.63) is 66.1 Å². The molecule has 4 aromatic rings. The number of hydrogen-bond donors (Lipinski definition) is 2. The van der Waals surface area contributed by atoms with Gasteiger partial charge in [-0.1, -0.05) is 6.07 Å². The molecule has 0 radical (unpaired) electrons. The quantitative estimate of drug-likeness (QED) is 0.481. The number of carbonyl (C=O) groups excluding carboxylic acids is 1. The summed E-state index contributed by atoms with van der Waals surface area (Å²) in [5.74, 6) is -2.40. The van der Waals surface area contributed by atoms with Crippen molar-refractivity contribution in [1.29, 1.82) is 0 Å². The zero-order valence-corrected chi connectivity index (χ0v) is 17.8. The minimum absolute atomic E-state index is 0.114. The molecule has 0 spiro atoms. The number of amides is 1. The zero-order valence-electron chi connectivity index (χ0n) is 17.8. The number of nitrogens with zero attached hydrogens (tertiary/aromatic N) is 5. The second-order valence-electron chi connectivity index (χ2n) is 8.20. The number of aromatic nitrogens is 5. The Kier molecular flexibility index (Phi) is 5.29. The molecule has 0 saturated carbocycles. The number of benzene rings is 1. The van der Waals surface area contributed by atoms with Crippen LogP contribution in [0.15, 0.2) is 49.1 Å².